The third-order valence-corrected chi connectivity index (χ3v) is 2.05. The van der Waals surface area contributed by atoms with E-state index in [9.17, 15) is 4.79 Å². The molecule has 0 spiro atoms. The molecule has 0 atom stereocenters. The first-order valence-electron chi connectivity index (χ1n) is 4.54. The van der Waals surface area contributed by atoms with Crippen molar-refractivity contribution in [2.24, 2.45) is 5.73 Å². The van der Waals surface area contributed by atoms with Crippen LogP contribution in [0.25, 0.3) is 11.1 Å². The number of fused-ring (bicyclic) bond motifs is 1. The highest BCUT2D eigenvalue weighted by Crippen LogP contribution is 2.19. The Kier molecular flexibility index (Phi) is 2.39. The van der Waals surface area contributed by atoms with Crippen molar-refractivity contribution in [1.29, 1.82) is 0 Å². The summed E-state index contributed by atoms with van der Waals surface area (Å²) in [5, 5.41) is 8.92. The minimum atomic E-state index is -1.01. The summed E-state index contributed by atoms with van der Waals surface area (Å²) < 4.78 is 5.34. The predicted octanol–water partition coefficient (Wildman–Crippen LogP) is 1.03. The molecule has 15 heavy (non-hydrogen) atoms. The number of hydrogen-bond donors (Lipinski definition) is 2. The third-order valence-electron chi connectivity index (χ3n) is 2.05. The lowest BCUT2D eigenvalue weighted by Gasteiger charge is -1.92. The van der Waals surface area contributed by atoms with Crippen LogP contribution < -0.4 is 5.73 Å². The molecule has 2 rings (SSSR count). The number of benzene rings is 1. The maximum Gasteiger partial charge on any atom is 0.338 e. The zero-order valence-electron chi connectivity index (χ0n) is 7.93. The summed E-state index contributed by atoms with van der Waals surface area (Å²) in [6, 6.07) is 4.82. The fraction of sp³-hybridized carbons (Fsp3) is 0.200. The second-order valence-corrected chi connectivity index (χ2v) is 3.10. The van der Waals surface area contributed by atoms with E-state index < -0.39 is 5.97 Å². The first-order valence-corrected chi connectivity index (χ1v) is 4.54. The van der Waals surface area contributed by atoms with Gasteiger partial charge >= 0.3 is 5.97 Å². The number of para-hydroxylation sites is 1. The molecule has 3 N–H and O–H groups in total. The first-order chi connectivity index (χ1) is 7.22. The van der Waals surface area contributed by atoms with Gasteiger partial charge in [0, 0.05) is 13.0 Å². The smallest absolute Gasteiger partial charge is 0.338 e. The van der Waals surface area contributed by atoms with Crippen LogP contribution in [0.1, 0.15) is 16.2 Å². The lowest BCUT2D eigenvalue weighted by Crippen LogP contribution is -2.02. The Labute approximate surface area is 85.5 Å². The Bertz CT molecular complexity index is 504. The number of carboxylic acid groups (broad SMARTS) is 1. The number of rotatable bonds is 3. The lowest BCUT2D eigenvalue weighted by molar-refractivity contribution is 0.0699. The van der Waals surface area contributed by atoms with E-state index in [-0.39, 0.29) is 5.56 Å². The van der Waals surface area contributed by atoms with Gasteiger partial charge in [-0.1, -0.05) is 6.07 Å². The van der Waals surface area contributed by atoms with Crippen LogP contribution in [0.15, 0.2) is 22.6 Å². The number of carboxylic acids is 1. The van der Waals surface area contributed by atoms with Crippen molar-refractivity contribution in [3.8, 4) is 0 Å². The topological polar surface area (TPSA) is 89.3 Å². The van der Waals surface area contributed by atoms with E-state index in [1.54, 1.807) is 12.1 Å². The molecule has 5 heteroatoms. The maximum absolute atomic E-state index is 10.9. The second kappa shape index (κ2) is 3.70. The number of aromatic carboxylic acids is 1. The highest BCUT2D eigenvalue weighted by molar-refractivity contribution is 6.00. The zero-order valence-corrected chi connectivity index (χ0v) is 7.93. The van der Waals surface area contributed by atoms with E-state index in [1.165, 1.54) is 6.07 Å². The van der Waals surface area contributed by atoms with Crippen LogP contribution in [0.2, 0.25) is 0 Å². The fourth-order valence-corrected chi connectivity index (χ4v) is 1.40. The van der Waals surface area contributed by atoms with Crippen LogP contribution in [-0.2, 0) is 6.42 Å². The number of oxazole rings is 1. The van der Waals surface area contributed by atoms with Gasteiger partial charge in [-0.05, 0) is 12.1 Å². The molecule has 1 aromatic carbocycles. The van der Waals surface area contributed by atoms with Crippen molar-refractivity contribution in [2.45, 2.75) is 6.42 Å². The quantitative estimate of drug-likeness (QED) is 0.782. The van der Waals surface area contributed by atoms with Crippen molar-refractivity contribution >= 4 is 17.1 Å². The Morgan fingerprint density at radius 3 is 3.00 bits per heavy atom. The largest absolute Gasteiger partial charge is 0.478 e. The van der Waals surface area contributed by atoms with Crippen molar-refractivity contribution < 1.29 is 14.3 Å². The fourth-order valence-electron chi connectivity index (χ4n) is 1.40. The number of nitrogens with zero attached hydrogens (tertiary/aromatic N) is 1. The van der Waals surface area contributed by atoms with Crippen molar-refractivity contribution in [2.75, 3.05) is 6.54 Å². The molecular formula is C10H10N2O3. The number of carbonyl (C=O) groups is 1. The maximum atomic E-state index is 10.9. The van der Waals surface area contributed by atoms with Crippen LogP contribution in [0.3, 0.4) is 0 Å². The monoisotopic (exact) mass is 206 g/mol. The lowest BCUT2D eigenvalue weighted by atomic mass is 10.2. The summed E-state index contributed by atoms with van der Waals surface area (Å²) in [5.41, 5.74) is 6.38. The van der Waals surface area contributed by atoms with Gasteiger partial charge in [0.05, 0.1) is 5.56 Å². The molecule has 0 aliphatic rings. The van der Waals surface area contributed by atoms with Crippen molar-refractivity contribution in [1.82, 2.24) is 4.98 Å². The third kappa shape index (κ3) is 1.69. The molecule has 0 amide bonds. The molecule has 0 radical (unpaired) electrons. The van der Waals surface area contributed by atoms with Gasteiger partial charge in [-0.25, -0.2) is 9.78 Å². The Morgan fingerprint density at radius 2 is 2.33 bits per heavy atom. The summed E-state index contributed by atoms with van der Waals surface area (Å²) in [4.78, 5) is 15.0. The molecule has 0 aliphatic carbocycles. The van der Waals surface area contributed by atoms with E-state index in [1.807, 2.05) is 0 Å². The molecule has 0 unspecified atom stereocenters. The van der Waals surface area contributed by atoms with Gasteiger partial charge in [-0.2, -0.15) is 0 Å². The van der Waals surface area contributed by atoms with E-state index in [4.69, 9.17) is 15.3 Å². The molecule has 2 aromatic rings. The number of nitrogens with two attached hydrogens (primary N) is 1. The standard InChI is InChI=1S/C10H10N2O3/c11-5-4-8-12-9-6(10(13)14)2-1-3-7(9)15-8/h1-3H,4-5,11H2,(H,13,14). The Balaban J connectivity index is 2.59. The van der Waals surface area contributed by atoms with Crippen LogP contribution in [0.5, 0.6) is 0 Å². The minimum Gasteiger partial charge on any atom is -0.478 e. The van der Waals surface area contributed by atoms with E-state index in [0.717, 1.165) is 0 Å². The van der Waals surface area contributed by atoms with E-state index in [2.05, 4.69) is 4.98 Å². The second-order valence-electron chi connectivity index (χ2n) is 3.10. The molecule has 1 heterocycles. The highest BCUT2D eigenvalue weighted by atomic mass is 16.4. The minimum absolute atomic E-state index is 0.152. The Hall–Kier alpha value is -1.88. The normalized spacial score (nSPS) is 10.7. The van der Waals surface area contributed by atoms with Crippen LogP contribution in [0, 0.1) is 0 Å². The summed E-state index contributed by atoms with van der Waals surface area (Å²) in [6.07, 6.45) is 0.508. The molecule has 1 aromatic heterocycles. The summed E-state index contributed by atoms with van der Waals surface area (Å²) >= 11 is 0. The zero-order chi connectivity index (χ0) is 10.8. The summed E-state index contributed by atoms with van der Waals surface area (Å²) in [6.45, 7) is 0.426. The molecule has 0 bridgehead atoms. The number of aromatic nitrogens is 1. The molecule has 0 aliphatic heterocycles. The first kappa shape index (κ1) is 9.67. The van der Waals surface area contributed by atoms with Gasteiger partial charge in [0.1, 0.15) is 5.52 Å². The molecule has 0 fully saturated rings. The molecule has 0 saturated carbocycles. The molecular weight excluding hydrogens is 196 g/mol. The van der Waals surface area contributed by atoms with E-state index >= 15 is 0 Å². The molecule has 5 nitrogen and oxygen atoms in total. The van der Waals surface area contributed by atoms with Crippen LogP contribution >= 0.6 is 0 Å². The van der Waals surface area contributed by atoms with Crippen LogP contribution in [0.4, 0.5) is 0 Å². The van der Waals surface area contributed by atoms with Gasteiger partial charge < -0.3 is 15.3 Å². The van der Waals surface area contributed by atoms with Gasteiger partial charge in [0.25, 0.3) is 0 Å². The highest BCUT2D eigenvalue weighted by Gasteiger charge is 2.13. The molecule has 0 saturated heterocycles. The van der Waals surface area contributed by atoms with Gasteiger partial charge in [-0.15, -0.1) is 0 Å². The Morgan fingerprint density at radius 1 is 1.53 bits per heavy atom. The van der Waals surface area contributed by atoms with Gasteiger partial charge in [-0.3, -0.25) is 0 Å². The summed E-state index contributed by atoms with van der Waals surface area (Å²) in [5.74, 6) is -0.533. The average molecular weight is 206 g/mol. The average Bonchev–Trinajstić information content (AvgIpc) is 2.59. The predicted molar refractivity (Wildman–Crippen MR) is 53.7 cm³/mol. The SMILES string of the molecule is NCCc1nc2c(C(=O)O)cccc2o1. The number of hydrogen-bond acceptors (Lipinski definition) is 4. The summed E-state index contributed by atoms with van der Waals surface area (Å²) in [7, 11) is 0. The van der Waals surface area contributed by atoms with Crippen LogP contribution in [-0.4, -0.2) is 22.6 Å². The van der Waals surface area contributed by atoms with Crippen molar-refractivity contribution in [3.63, 3.8) is 0 Å². The van der Waals surface area contributed by atoms with E-state index in [0.29, 0.717) is 30.0 Å². The molecule has 78 valence electrons. The van der Waals surface area contributed by atoms with Gasteiger partial charge in [0.15, 0.2) is 11.5 Å². The van der Waals surface area contributed by atoms with Crippen molar-refractivity contribution in [3.05, 3.63) is 29.7 Å². The van der Waals surface area contributed by atoms with Gasteiger partial charge in [0.2, 0.25) is 0 Å².